The van der Waals surface area contributed by atoms with Crippen molar-refractivity contribution in [1.82, 2.24) is 4.98 Å². The van der Waals surface area contributed by atoms with Gasteiger partial charge in [-0.3, -0.25) is 9.19 Å². The minimum atomic E-state index is -1.11. The molecule has 0 saturated heterocycles. The summed E-state index contributed by atoms with van der Waals surface area (Å²) in [4.78, 5) is 5.07. The highest BCUT2D eigenvalue weighted by molar-refractivity contribution is 7.84. The minimum Gasteiger partial charge on any atom is -0.399 e. The number of hydrogen-bond donors (Lipinski definition) is 1. The predicted octanol–water partition coefficient (Wildman–Crippen LogP) is 3.12. The number of rotatable bonds is 3. The first-order chi connectivity index (χ1) is 9.74. The number of pyridine rings is 1. The van der Waals surface area contributed by atoms with E-state index in [1.807, 2.05) is 42.5 Å². The Hall–Kier alpha value is -2.20. The summed E-state index contributed by atoms with van der Waals surface area (Å²) in [5.74, 6) is 0.465. The fraction of sp³-hybridized carbons (Fsp3) is 0.0625. The lowest BCUT2D eigenvalue weighted by atomic mass is 10.1. The molecular formula is C16H14N2OS. The topological polar surface area (TPSA) is 56.0 Å². The second-order valence-electron chi connectivity index (χ2n) is 4.55. The van der Waals surface area contributed by atoms with Crippen LogP contribution in [0.5, 0.6) is 0 Å². The zero-order chi connectivity index (χ0) is 13.9. The maximum atomic E-state index is 12.4. The van der Waals surface area contributed by atoms with Crippen molar-refractivity contribution in [2.45, 2.75) is 10.6 Å². The number of hydrogen-bond acceptors (Lipinski definition) is 3. The molecule has 20 heavy (non-hydrogen) atoms. The summed E-state index contributed by atoms with van der Waals surface area (Å²) in [5, 5.41) is 1.05. The molecule has 0 amide bonds. The molecule has 100 valence electrons. The third-order valence-electron chi connectivity index (χ3n) is 3.15. The Labute approximate surface area is 119 Å². The Bertz CT molecular complexity index is 781. The molecule has 0 bridgehead atoms. The van der Waals surface area contributed by atoms with Crippen LogP contribution < -0.4 is 5.73 Å². The summed E-state index contributed by atoms with van der Waals surface area (Å²) in [6, 6.07) is 17.0. The highest BCUT2D eigenvalue weighted by Crippen LogP contribution is 2.20. The van der Waals surface area contributed by atoms with Crippen molar-refractivity contribution in [3.63, 3.8) is 0 Å². The number of para-hydroxylation sites is 1. The molecule has 0 aliphatic heterocycles. The van der Waals surface area contributed by atoms with E-state index in [0.717, 1.165) is 21.4 Å². The Morgan fingerprint density at radius 2 is 1.90 bits per heavy atom. The maximum absolute atomic E-state index is 12.4. The maximum Gasteiger partial charge on any atom is 0.0705 e. The Morgan fingerprint density at radius 3 is 2.75 bits per heavy atom. The minimum absolute atomic E-state index is 0.465. The van der Waals surface area contributed by atoms with Gasteiger partial charge in [-0.25, -0.2) is 0 Å². The van der Waals surface area contributed by atoms with Gasteiger partial charge in [-0.2, -0.15) is 0 Å². The van der Waals surface area contributed by atoms with Crippen LogP contribution in [0.3, 0.4) is 0 Å². The van der Waals surface area contributed by atoms with Gasteiger partial charge in [-0.15, -0.1) is 0 Å². The number of anilines is 1. The van der Waals surface area contributed by atoms with E-state index in [1.54, 1.807) is 18.3 Å². The van der Waals surface area contributed by atoms with Gasteiger partial charge < -0.3 is 5.73 Å². The first-order valence-electron chi connectivity index (χ1n) is 6.30. The summed E-state index contributed by atoms with van der Waals surface area (Å²) in [7, 11) is -1.11. The summed E-state index contributed by atoms with van der Waals surface area (Å²) in [5.41, 5.74) is 8.33. The van der Waals surface area contributed by atoms with Crippen LogP contribution in [0.25, 0.3) is 10.9 Å². The van der Waals surface area contributed by atoms with Gasteiger partial charge in [0.25, 0.3) is 0 Å². The van der Waals surface area contributed by atoms with Gasteiger partial charge in [-0.05, 0) is 35.9 Å². The molecule has 4 heteroatoms. The number of benzene rings is 2. The molecule has 0 aliphatic carbocycles. The Kier molecular flexibility index (Phi) is 3.48. The lowest BCUT2D eigenvalue weighted by Gasteiger charge is -2.06. The fourth-order valence-electron chi connectivity index (χ4n) is 2.16. The molecule has 0 spiro atoms. The molecule has 1 unspecified atom stereocenters. The van der Waals surface area contributed by atoms with Crippen molar-refractivity contribution in [3.8, 4) is 0 Å². The number of aromatic nitrogens is 1. The van der Waals surface area contributed by atoms with E-state index in [4.69, 9.17) is 5.73 Å². The largest absolute Gasteiger partial charge is 0.399 e. The van der Waals surface area contributed by atoms with Crippen molar-refractivity contribution >= 4 is 27.4 Å². The van der Waals surface area contributed by atoms with Crippen molar-refractivity contribution in [3.05, 3.63) is 66.4 Å². The predicted molar refractivity (Wildman–Crippen MR) is 82.7 cm³/mol. The van der Waals surface area contributed by atoms with E-state index >= 15 is 0 Å². The van der Waals surface area contributed by atoms with Gasteiger partial charge in [0.15, 0.2) is 0 Å². The van der Waals surface area contributed by atoms with Crippen LogP contribution in [-0.4, -0.2) is 9.19 Å². The zero-order valence-electron chi connectivity index (χ0n) is 10.8. The molecule has 0 aliphatic rings. The summed E-state index contributed by atoms with van der Waals surface area (Å²) >= 11 is 0. The molecular weight excluding hydrogens is 268 g/mol. The molecule has 0 saturated carbocycles. The standard InChI is InChI=1S/C16H14N2OS/c17-13-4-3-5-14(10-13)20(19)11-12-8-9-18-16-7-2-1-6-15(12)16/h1-10H,11,17H2. The van der Waals surface area contributed by atoms with Crippen LogP contribution in [0.1, 0.15) is 5.56 Å². The molecule has 1 aromatic heterocycles. The molecule has 2 aromatic carbocycles. The Balaban J connectivity index is 1.95. The quantitative estimate of drug-likeness (QED) is 0.751. The van der Waals surface area contributed by atoms with Gasteiger partial charge in [0, 0.05) is 22.2 Å². The second kappa shape index (κ2) is 5.43. The van der Waals surface area contributed by atoms with Crippen molar-refractivity contribution < 1.29 is 4.21 Å². The average molecular weight is 282 g/mol. The third-order valence-corrected chi connectivity index (χ3v) is 4.50. The lowest BCUT2D eigenvalue weighted by molar-refractivity contribution is 0.683. The highest BCUT2D eigenvalue weighted by atomic mass is 32.2. The smallest absolute Gasteiger partial charge is 0.0705 e. The van der Waals surface area contributed by atoms with E-state index in [9.17, 15) is 4.21 Å². The van der Waals surface area contributed by atoms with Gasteiger partial charge in [0.05, 0.1) is 22.1 Å². The summed E-state index contributed by atoms with van der Waals surface area (Å²) in [6.07, 6.45) is 1.76. The zero-order valence-corrected chi connectivity index (χ0v) is 11.6. The average Bonchev–Trinajstić information content (AvgIpc) is 2.47. The molecule has 2 N–H and O–H groups in total. The van der Waals surface area contributed by atoms with Crippen LogP contribution in [0, 0.1) is 0 Å². The van der Waals surface area contributed by atoms with Crippen LogP contribution >= 0.6 is 0 Å². The van der Waals surface area contributed by atoms with Crippen LogP contribution in [0.4, 0.5) is 5.69 Å². The first-order valence-corrected chi connectivity index (χ1v) is 7.62. The molecule has 0 fully saturated rings. The van der Waals surface area contributed by atoms with E-state index in [-0.39, 0.29) is 0 Å². The van der Waals surface area contributed by atoms with Gasteiger partial charge in [-0.1, -0.05) is 24.3 Å². The van der Waals surface area contributed by atoms with E-state index in [0.29, 0.717) is 11.4 Å². The van der Waals surface area contributed by atoms with Gasteiger partial charge in [0.2, 0.25) is 0 Å². The van der Waals surface area contributed by atoms with Crippen LogP contribution in [-0.2, 0) is 16.6 Å². The van der Waals surface area contributed by atoms with E-state index in [2.05, 4.69) is 4.98 Å². The normalized spacial score (nSPS) is 12.4. The Morgan fingerprint density at radius 1 is 1.05 bits per heavy atom. The van der Waals surface area contributed by atoms with E-state index < -0.39 is 10.8 Å². The van der Waals surface area contributed by atoms with Crippen LogP contribution in [0.2, 0.25) is 0 Å². The molecule has 3 nitrogen and oxygen atoms in total. The molecule has 3 aromatic rings. The molecule has 3 rings (SSSR count). The van der Waals surface area contributed by atoms with Crippen molar-refractivity contribution in [1.29, 1.82) is 0 Å². The molecule has 1 heterocycles. The monoisotopic (exact) mass is 282 g/mol. The highest BCUT2D eigenvalue weighted by Gasteiger charge is 2.08. The summed E-state index contributed by atoms with van der Waals surface area (Å²) in [6.45, 7) is 0. The van der Waals surface area contributed by atoms with Crippen LogP contribution in [0.15, 0.2) is 65.7 Å². The number of nitrogens with two attached hydrogens (primary N) is 1. The van der Waals surface area contributed by atoms with Gasteiger partial charge >= 0.3 is 0 Å². The SMILES string of the molecule is Nc1cccc(S(=O)Cc2ccnc3ccccc23)c1. The number of fused-ring (bicyclic) bond motifs is 1. The third kappa shape index (κ3) is 2.56. The lowest BCUT2D eigenvalue weighted by Crippen LogP contribution is -1.99. The number of nitrogens with zero attached hydrogens (tertiary/aromatic N) is 1. The summed E-state index contributed by atoms with van der Waals surface area (Å²) < 4.78 is 12.4. The van der Waals surface area contributed by atoms with Crippen molar-refractivity contribution in [2.24, 2.45) is 0 Å². The first kappa shape index (κ1) is 12.8. The second-order valence-corrected chi connectivity index (χ2v) is 6.00. The molecule has 1 atom stereocenters. The number of nitrogen functional groups attached to an aromatic ring is 1. The molecule has 0 radical (unpaired) electrons. The fourth-order valence-corrected chi connectivity index (χ4v) is 3.36. The van der Waals surface area contributed by atoms with E-state index in [1.165, 1.54) is 0 Å². The van der Waals surface area contributed by atoms with Crippen molar-refractivity contribution in [2.75, 3.05) is 5.73 Å². The van der Waals surface area contributed by atoms with Gasteiger partial charge in [0.1, 0.15) is 0 Å².